The number of carbonyl (C=O) groups is 2. The van der Waals surface area contributed by atoms with Crippen molar-refractivity contribution in [2.75, 3.05) is 13.2 Å². The lowest BCUT2D eigenvalue weighted by Gasteiger charge is -2.21. The number of nitrogens with zero attached hydrogens (tertiary/aromatic N) is 1. The molecule has 5 heteroatoms. The van der Waals surface area contributed by atoms with E-state index in [1.54, 1.807) is 0 Å². The summed E-state index contributed by atoms with van der Waals surface area (Å²) >= 11 is 3.39. The van der Waals surface area contributed by atoms with Gasteiger partial charge in [-0.05, 0) is 23.3 Å². The fourth-order valence-electron chi connectivity index (χ4n) is 2.53. The van der Waals surface area contributed by atoms with Crippen LogP contribution in [-0.2, 0) is 9.53 Å². The van der Waals surface area contributed by atoms with E-state index in [1.807, 2.05) is 54.6 Å². The van der Waals surface area contributed by atoms with Crippen molar-refractivity contribution >= 4 is 27.9 Å². The summed E-state index contributed by atoms with van der Waals surface area (Å²) in [5.74, 6) is -0.768. The summed E-state index contributed by atoms with van der Waals surface area (Å²) in [7, 11) is 0. The third kappa shape index (κ3) is 2.90. The normalized spacial score (nSPS) is 15.5. The molecule has 1 aliphatic heterocycles. The van der Waals surface area contributed by atoms with Crippen LogP contribution < -0.4 is 0 Å². The number of ether oxygens (including phenoxy) is 1. The Morgan fingerprint density at radius 1 is 1.05 bits per heavy atom. The number of rotatable bonds is 3. The highest BCUT2D eigenvalue weighted by atomic mass is 79.9. The van der Waals surface area contributed by atoms with Gasteiger partial charge < -0.3 is 4.74 Å². The van der Waals surface area contributed by atoms with Gasteiger partial charge in [0.05, 0.1) is 12.5 Å². The average Bonchev–Trinajstić information content (AvgIpc) is 2.96. The molecule has 1 heterocycles. The molecule has 0 radical (unpaired) electrons. The van der Waals surface area contributed by atoms with Crippen molar-refractivity contribution in [2.45, 2.75) is 5.92 Å². The van der Waals surface area contributed by atoms with Crippen LogP contribution in [0.3, 0.4) is 0 Å². The standard InChI is InChI=1S/C17H14BrNO3/c18-14-8-6-13(7-9-14)15(12-4-2-1-3-5-12)16(20)19-10-11-22-17(19)21/h1-9,15H,10-11H2/t15-/m1/s1. The van der Waals surface area contributed by atoms with E-state index in [0.717, 1.165) is 15.6 Å². The third-order valence-electron chi connectivity index (χ3n) is 3.61. The van der Waals surface area contributed by atoms with Gasteiger partial charge in [0.25, 0.3) is 0 Å². The van der Waals surface area contributed by atoms with Gasteiger partial charge in [-0.2, -0.15) is 0 Å². The van der Waals surface area contributed by atoms with Crippen LogP contribution in [0.2, 0.25) is 0 Å². The van der Waals surface area contributed by atoms with Crippen LogP contribution in [0.25, 0.3) is 0 Å². The lowest BCUT2D eigenvalue weighted by Crippen LogP contribution is -2.36. The minimum atomic E-state index is -0.567. The minimum absolute atomic E-state index is 0.254. The Hall–Kier alpha value is -2.14. The van der Waals surface area contributed by atoms with Crippen LogP contribution in [0.4, 0.5) is 4.79 Å². The first-order valence-corrected chi connectivity index (χ1v) is 7.74. The lowest BCUT2D eigenvalue weighted by molar-refractivity contribution is -0.128. The molecule has 0 spiro atoms. The number of hydrogen-bond donors (Lipinski definition) is 0. The topological polar surface area (TPSA) is 46.6 Å². The molecule has 0 N–H and O–H groups in total. The molecule has 3 rings (SSSR count). The number of carbonyl (C=O) groups excluding carboxylic acids is 2. The molecule has 0 unspecified atom stereocenters. The molecule has 22 heavy (non-hydrogen) atoms. The largest absolute Gasteiger partial charge is 0.447 e. The second-order valence-electron chi connectivity index (χ2n) is 5.00. The van der Waals surface area contributed by atoms with Crippen molar-refractivity contribution in [3.8, 4) is 0 Å². The van der Waals surface area contributed by atoms with Crippen LogP contribution in [-0.4, -0.2) is 30.1 Å². The molecule has 1 atom stereocenters. The zero-order chi connectivity index (χ0) is 15.5. The predicted molar refractivity (Wildman–Crippen MR) is 85.5 cm³/mol. The maximum absolute atomic E-state index is 12.9. The maximum atomic E-state index is 12.9. The summed E-state index contributed by atoms with van der Waals surface area (Å²) in [6, 6.07) is 17.0. The number of hydrogen-bond acceptors (Lipinski definition) is 3. The van der Waals surface area contributed by atoms with Crippen molar-refractivity contribution in [3.05, 3.63) is 70.2 Å². The number of amides is 2. The molecule has 2 amide bonds. The molecule has 4 nitrogen and oxygen atoms in total. The second-order valence-corrected chi connectivity index (χ2v) is 5.92. The zero-order valence-electron chi connectivity index (χ0n) is 11.7. The molecule has 2 aromatic carbocycles. The fraction of sp³-hybridized carbons (Fsp3) is 0.176. The number of benzene rings is 2. The SMILES string of the molecule is O=C1OCCN1C(=O)[C@H](c1ccccc1)c1ccc(Br)cc1. The van der Waals surface area contributed by atoms with Gasteiger partial charge in [0, 0.05) is 4.47 Å². The van der Waals surface area contributed by atoms with Gasteiger partial charge >= 0.3 is 6.09 Å². The molecule has 1 saturated heterocycles. The summed E-state index contributed by atoms with van der Waals surface area (Å²) in [4.78, 5) is 25.7. The van der Waals surface area contributed by atoms with Crippen LogP contribution in [0.1, 0.15) is 17.0 Å². The van der Waals surface area contributed by atoms with Crippen molar-refractivity contribution in [2.24, 2.45) is 0 Å². The molecule has 2 aromatic rings. The Kier molecular flexibility index (Phi) is 4.24. The first kappa shape index (κ1) is 14.8. The molecule has 0 aliphatic carbocycles. The molecule has 112 valence electrons. The fourth-order valence-corrected chi connectivity index (χ4v) is 2.79. The molecular weight excluding hydrogens is 346 g/mol. The molecular formula is C17H14BrNO3. The van der Waals surface area contributed by atoms with E-state index in [-0.39, 0.29) is 12.5 Å². The first-order valence-electron chi connectivity index (χ1n) is 6.95. The van der Waals surface area contributed by atoms with Gasteiger partial charge in [0.15, 0.2) is 0 Å². The number of cyclic esters (lactones) is 1. The minimum Gasteiger partial charge on any atom is -0.447 e. The smallest absolute Gasteiger partial charge is 0.416 e. The molecule has 0 saturated carbocycles. The van der Waals surface area contributed by atoms with Gasteiger partial charge in [0.1, 0.15) is 6.61 Å². The summed E-state index contributed by atoms with van der Waals surface area (Å²) in [6.07, 6.45) is -0.567. The quantitative estimate of drug-likeness (QED) is 0.841. The van der Waals surface area contributed by atoms with E-state index in [0.29, 0.717) is 6.54 Å². The van der Waals surface area contributed by atoms with Gasteiger partial charge in [-0.25, -0.2) is 9.69 Å². The zero-order valence-corrected chi connectivity index (χ0v) is 13.3. The third-order valence-corrected chi connectivity index (χ3v) is 4.14. The van der Waals surface area contributed by atoms with Crippen LogP contribution >= 0.6 is 15.9 Å². The summed E-state index contributed by atoms with van der Waals surface area (Å²) in [5, 5.41) is 0. The monoisotopic (exact) mass is 359 g/mol. The molecule has 1 aliphatic rings. The summed E-state index contributed by atoms with van der Waals surface area (Å²) in [5.41, 5.74) is 1.70. The second kappa shape index (κ2) is 6.32. The lowest BCUT2D eigenvalue weighted by atomic mass is 9.90. The first-order chi connectivity index (χ1) is 10.7. The van der Waals surface area contributed by atoms with E-state index in [1.165, 1.54) is 4.90 Å². The van der Waals surface area contributed by atoms with Gasteiger partial charge in [-0.3, -0.25) is 4.79 Å². The van der Waals surface area contributed by atoms with E-state index in [2.05, 4.69) is 15.9 Å². The molecule has 1 fully saturated rings. The van der Waals surface area contributed by atoms with Crippen LogP contribution in [0, 0.1) is 0 Å². The highest BCUT2D eigenvalue weighted by Gasteiger charge is 2.35. The number of imide groups is 1. The summed E-state index contributed by atoms with van der Waals surface area (Å²) < 4.78 is 5.83. The Balaban J connectivity index is 2.01. The van der Waals surface area contributed by atoms with E-state index >= 15 is 0 Å². The summed E-state index contributed by atoms with van der Waals surface area (Å²) in [6.45, 7) is 0.559. The Labute approximate surface area is 136 Å². The van der Waals surface area contributed by atoms with Crippen molar-refractivity contribution in [1.82, 2.24) is 4.90 Å². The van der Waals surface area contributed by atoms with Crippen molar-refractivity contribution in [3.63, 3.8) is 0 Å². The van der Waals surface area contributed by atoms with Gasteiger partial charge in [-0.1, -0.05) is 58.4 Å². The predicted octanol–water partition coefficient (Wildman–Crippen LogP) is 3.56. The van der Waals surface area contributed by atoms with Gasteiger partial charge in [-0.15, -0.1) is 0 Å². The maximum Gasteiger partial charge on any atom is 0.416 e. The molecule has 0 aromatic heterocycles. The van der Waals surface area contributed by atoms with E-state index in [4.69, 9.17) is 4.74 Å². The Bertz CT molecular complexity index is 685. The van der Waals surface area contributed by atoms with Crippen LogP contribution in [0.15, 0.2) is 59.1 Å². The van der Waals surface area contributed by atoms with Crippen LogP contribution in [0.5, 0.6) is 0 Å². The van der Waals surface area contributed by atoms with Crippen molar-refractivity contribution in [1.29, 1.82) is 0 Å². The Morgan fingerprint density at radius 3 is 2.27 bits per heavy atom. The number of halogens is 1. The average molecular weight is 360 g/mol. The Morgan fingerprint density at radius 2 is 1.68 bits per heavy atom. The highest BCUT2D eigenvalue weighted by molar-refractivity contribution is 9.10. The van der Waals surface area contributed by atoms with E-state index < -0.39 is 12.0 Å². The van der Waals surface area contributed by atoms with Crippen molar-refractivity contribution < 1.29 is 14.3 Å². The van der Waals surface area contributed by atoms with Gasteiger partial charge in [0.2, 0.25) is 5.91 Å². The highest BCUT2D eigenvalue weighted by Crippen LogP contribution is 2.29. The van der Waals surface area contributed by atoms with E-state index in [9.17, 15) is 9.59 Å². The molecule has 0 bridgehead atoms.